The van der Waals surface area contributed by atoms with Gasteiger partial charge >= 0.3 is 0 Å². The highest BCUT2D eigenvalue weighted by molar-refractivity contribution is 5.99. The number of ketones is 1. The van der Waals surface area contributed by atoms with E-state index in [1.807, 2.05) is 13.8 Å². The van der Waals surface area contributed by atoms with Crippen molar-refractivity contribution < 1.29 is 9.53 Å². The lowest BCUT2D eigenvalue weighted by Gasteiger charge is -2.09. The molecule has 0 saturated heterocycles. The number of rotatable bonds is 6. The third-order valence-corrected chi connectivity index (χ3v) is 2.25. The lowest BCUT2D eigenvalue weighted by molar-refractivity contribution is 0.0956. The molecule has 0 radical (unpaired) electrons. The van der Waals surface area contributed by atoms with E-state index in [4.69, 9.17) is 10.5 Å². The minimum absolute atomic E-state index is 0.0732. The number of hydrogen-bond acceptors (Lipinski definition) is 4. The zero-order chi connectivity index (χ0) is 12.0. The molecule has 1 aromatic rings. The maximum Gasteiger partial charge on any atom is 0.181 e. The summed E-state index contributed by atoms with van der Waals surface area (Å²) < 4.78 is 5.28. The molecule has 4 heteroatoms. The fourth-order valence-corrected chi connectivity index (χ4v) is 1.46. The molecular weight excluding hydrogens is 204 g/mol. The maximum absolute atomic E-state index is 11.9. The minimum Gasteiger partial charge on any atom is -0.492 e. The van der Waals surface area contributed by atoms with Gasteiger partial charge in [0.2, 0.25) is 0 Å². The second kappa shape index (κ2) is 6.23. The van der Waals surface area contributed by atoms with Crippen LogP contribution in [0.4, 0.5) is 0 Å². The highest BCUT2D eigenvalue weighted by atomic mass is 16.5. The fraction of sp³-hybridized carbons (Fsp3) is 0.500. The summed E-state index contributed by atoms with van der Waals surface area (Å²) in [4.78, 5) is 15.8. The van der Waals surface area contributed by atoms with Crippen molar-refractivity contribution in [2.75, 3.05) is 6.61 Å². The molecule has 0 amide bonds. The van der Waals surface area contributed by atoms with Crippen LogP contribution in [-0.2, 0) is 0 Å². The summed E-state index contributed by atoms with van der Waals surface area (Å²) in [7, 11) is 0. The Bertz CT molecular complexity index is 353. The zero-order valence-corrected chi connectivity index (χ0v) is 9.77. The molecule has 0 spiro atoms. The molecule has 1 atom stereocenters. The molecule has 1 unspecified atom stereocenters. The predicted molar refractivity (Wildman–Crippen MR) is 62.6 cm³/mol. The highest BCUT2D eigenvalue weighted by Gasteiger charge is 2.15. The molecule has 0 fully saturated rings. The van der Waals surface area contributed by atoms with Gasteiger partial charge in [-0.2, -0.15) is 0 Å². The van der Waals surface area contributed by atoms with Gasteiger partial charge < -0.3 is 10.5 Å². The van der Waals surface area contributed by atoms with E-state index in [1.54, 1.807) is 12.3 Å². The van der Waals surface area contributed by atoms with Crippen LogP contribution >= 0.6 is 0 Å². The summed E-state index contributed by atoms with van der Waals surface area (Å²) >= 11 is 0. The summed E-state index contributed by atoms with van der Waals surface area (Å²) in [5.41, 5.74) is 6.29. The van der Waals surface area contributed by atoms with Crippen LogP contribution < -0.4 is 10.5 Å². The van der Waals surface area contributed by atoms with E-state index in [0.717, 1.165) is 6.42 Å². The lowest BCUT2D eigenvalue weighted by Crippen LogP contribution is -2.30. The molecule has 0 aliphatic heterocycles. The average Bonchev–Trinajstić information content (AvgIpc) is 2.29. The van der Waals surface area contributed by atoms with Crippen LogP contribution in [0.5, 0.6) is 5.75 Å². The van der Waals surface area contributed by atoms with Gasteiger partial charge in [0.05, 0.1) is 18.8 Å². The van der Waals surface area contributed by atoms with E-state index in [-0.39, 0.29) is 5.78 Å². The van der Waals surface area contributed by atoms with Crippen LogP contribution in [-0.4, -0.2) is 23.4 Å². The van der Waals surface area contributed by atoms with Gasteiger partial charge in [0.15, 0.2) is 5.78 Å². The average molecular weight is 222 g/mol. The third-order valence-electron chi connectivity index (χ3n) is 2.25. The van der Waals surface area contributed by atoms with Crippen molar-refractivity contribution in [2.45, 2.75) is 32.7 Å². The second-order valence-electron chi connectivity index (χ2n) is 3.60. The summed E-state index contributed by atoms with van der Waals surface area (Å²) in [5.74, 6) is 0.535. The van der Waals surface area contributed by atoms with Crippen molar-refractivity contribution in [3.8, 4) is 5.75 Å². The number of Topliss-reactive ketones (excluding diaryl/α,β-unsaturated/α-hetero) is 1. The van der Waals surface area contributed by atoms with Crippen molar-refractivity contribution >= 4 is 5.78 Å². The molecular formula is C12H18N2O2. The predicted octanol–water partition coefficient (Wildman–Crippen LogP) is 1.79. The van der Waals surface area contributed by atoms with Gasteiger partial charge in [0, 0.05) is 11.8 Å². The third kappa shape index (κ3) is 3.31. The molecule has 4 nitrogen and oxygen atoms in total. The minimum atomic E-state index is -0.441. The van der Waals surface area contributed by atoms with Crippen molar-refractivity contribution in [3.63, 3.8) is 0 Å². The molecule has 0 bridgehead atoms. The number of pyridine rings is 1. The Hall–Kier alpha value is -1.42. The van der Waals surface area contributed by atoms with Crippen LogP contribution in [0.2, 0.25) is 0 Å². The van der Waals surface area contributed by atoms with Gasteiger partial charge in [-0.3, -0.25) is 9.78 Å². The van der Waals surface area contributed by atoms with E-state index >= 15 is 0 Å². The number of nitrogens with zero attached hydrogens (tertiary/aromatic N) is 1. The Labute approximate surface area is 95.8 Å². The molecule has 0 aliphatic carbocycles. The van der Waals surface area contributed by atoms with E-state index in [9.17, 15) is 4.79 Å². The number of ether oxygens (including phenoxy) is 1. The molecule has 2 N–H and O–H groups in total. The molecule has 16 heavy (non-hydrogen) atoms. The fourth-order valence-electron chi connectivity index (χ4n) is 1.46. The Morgan fingerprint density at radius 2 is 2.25 bits per heavy atom. The number of nitrogens with two attached hydrogens (primary N) is 1. The van der Waals surface area contributed by atoms with Crippen LogP contribution in [0.3, 0.4) is 0 Å². The Morgan fingerprint density at radius 1 is 1.50 bits per heavy atom. The molecule has 1 rings (SSSR count). The Morgan fingerprint density at radius 3 is 2.88 bits per heavy atom. The number of carbonyl (C=O) groups is 1. The van der Waals surface area contributed by atoms with Crippen molar-refractivity contribution in [2.24, 2.45) is 5.73 Å². The quantitative estimate of drug-likeness (QED) is 0.745. The van der Waals surface area contributed by atoms with Crippen molar-refractivity contribution in [1.29, 1.82) is 0 Å². The monoisotopic (exact) mass is 222 g/mol. The van der Waals surface area contributed by atoms with Gasteiger partial charge in [-0.05, 0) is 19.4 Å². The summed E-state index contributed by atoms with van der Waals surface area (Å²) in [6.45, 7) is 4.44. The van der Waals surface area contributed by atoms with Crippen molar-refractivity contribution in [3.05, 3.63) is 24.0 Å². The maximum atomic E-state index is 11.9. The van der Waals surface area contributed by atoms with Crippen LogP contribution in [0.15, 0.2) is 18.5 Å². The van der Waals surface area contributed by atoms with E-state index in [1.165, 1.54) is 6.20 Å². The van der Waals surface area contributed by atoms with Crippen LogP contribution in [0.1, 0.15) is 37.0 Å². The van der Waals surface area contributed by atoms with Crippen LogP contribution in [0, 0.1) is 0 Å². The summed E-state index contributed by atoms with van der Waals surface area (Å²) in [6, 6.07) is 1.25. The number of carbonyl (C=O) groups excluding carboxylic acids is 1. The highest BCUT2D eigenvalue weighted by Crippen LogP contribution is 2.13. The van der Waals surface area contributed by atoms with Gasteiger partial charge in [-0.25, -0.2) is 0 Å². The van der Waals surface area contributed by atoms with Gasteiger partial charge in [-0.15, -0.1) is 0 Å². The first-order valence-corrected chi connectivity index (χ1v) is 5.56. The number of aromatic nitrogens is 1. The van der Waals surface area contributed by atoms with Gasteiger partial charge in [-0.1, -0.05) is 13.3 Å². The standard InChI is InChI=1S/C12H18N2O2/c1-3-5-11(13)12(15)9-6-10(16-4-2)8-14-7-9/h6-8,11H,3-5,13H2,1-2H3. The molecule has 0 saturated carbocycles. The normalized spacial score (nSPS) is 12.2. The molecule has 1 heterocycles. The number of hydrogen-bond donors (Lipinski definition) is 1. The largest absolute Gasteiger partial charge is 0.492 e. The lowest BCUT2D eigenvalue weighted by atomic mass is 10.0. The molecule has 0 aliphatic rings. The topological polar surface area (TPSA) is 65.2 Å². The van der Waals surface area contributed by atoms with E-state index in [2.05, 4.69) is 4.98 Å². The zero-order valence-electron chi connectivity index (χ0n) is 9.77. The van der Waals surface area contributed by atoms with Gasteiger partial charge in [0.1, 0.15) is 5.75 Å². The SMILES string of the molecule is CCCC(N)C(=O)c1cncc(OCC)c1. The summed E-state index contributed by atoms with van der Waals surface area (Å²) in [6.07, 6.45) is 4.70. The first-order valence-electron chi connectivity index (χ1n) is 5.56. The summed E-state index contributed by atoms with van der Waals surface area (Å²) in [5, 5.41) is 0. The van der Waals surface area contributed by atoms with Crippen LogP contribution in [0.25, 0.3) is 0 Å². The Balaban J connectivity index is 2.78. The molecule has 88 valence electrons. The van der Waals surface area contributed by atoms with Gasteiger partial charge in [0.25, 0.3) is 0 Å². The first kappa shape index (κ1) is 12.6. The first-order chi connectivity index (χ1) is 7.69. The van der Waals surface area contributed by atoms with E-state index < -0.39 is 6.04 Å². The Kier molecular flexibility index (Phi) is 4.92. The smallest absolute Gasteiger partial charge is 0.181 e. The second-order valence-corrected chi connectivity index (χ2v) is 3.60. The van der Waals surface area contributed by atoms with Crippen molar-refractivity contribution in [1.82, 2.24) is 4.98 Å². The van der Waals surface area contributed by atoms with E-state index in [0.29, 0.717) is 24.3 Å². The molecule has 0 aromatic carbocycles. The molecule has 1 aromatic heterocycles.